The summed E-state index contributed by atoms with van der Waals surface area (Å²) >= 11 is 11.8. The third kappa shape index (κ3) is 3.91. The zero-order valence-corrected chi connectivity index (χ0v) is 12.0. The molecule has 0 atom stereocenters. The lowest BCUT2D eigenvalue weighted by Gasteiger charge is -2.04. The molecule has 0 fully saturated rings. The van der Waals surface area contributed by atoms with Crippen LogP contribution < -0.4 is 5.43 Å². The van der Waals surface area contributed by atoms with Gasteiger partial charge in [-0.05, 0) is 31.5 Å². The summed E-state index contributed by atoms with van der Waals surface area (Å²) in [6, 6.07) is 9.09. The summed E-state index contributed by atoms with van der Waals surface area (Å²) in [7, 11) is 0. The van der Waals surface area contributed by atoms with Gasteiger partial charge in [-0.2, -0.15) is 5.10 Å². The number of hydrogen-bond acceptors (Lipinski definition) is 4. The molecule has 0 aliphatic rings. The highest BCUT2D eigenvalue weighted by atomic mass is 35.5. The van der Waals surface area contributed by atoms with Crippen molar-refractivity contribution in [2.24, 2.45) is 5.10 Å². The third-order valence-corrected chi connectivity index (χ3v) is 2.82. The smallest absolute Gasteiger partial charge is 0.151 e. The number of hydrazone groups is 1. The molecule has 0 radical (unpaired) electrons. The fourth-order valence-corrected chi connectivity index (χ4v) is 1.92. The third-order valence-electron chi connectivity index (χ3n) is 2.39. The first-order chi connectivity index (χ1) is 9.04. The van der Waals surface area contributed by atoms with Crippen LogP contribution in [0.2, 0.25) is 10.2 Å². The summed E-state index contributed by atoms with van der Waals surface area (Å²) in [6.07, 6.45) is 0. The first-order valence-electron chi connectivity index (χ1n) is 5.62. The maximum atomic E-state index is 5.93. The molecule has 6 heteroatoms. The average molecular weight is 295 g/mol. The number of anilines is 1. The van der Waals surface area contributed by atoms with Gasteiger partial charge in [0.25, 0.3) is 0 Å². The molecule has 0 saturated carbocycles. The number of nitrogens with one attached hydrogen (secondary N) is 1. The fourth-order valence-electron chi connectivity index (χ4n) is 1.51. The number of nitrogens with zero attached hydrogens (tertiary/aromatic N) is 3. The van der Waals surface area contributed by atoms with Gasteiger partial charge in [-0.1, -0.05) is 35.3 Å². The van der Waals surface area contributed by atoms with Crippen LogP contribution in [0.5, 0.6) is 0 Å². The van der Waals surface area contributed by atoms with Crippen LogP contribution in [0, 0.1) is 6.92 Å². The largest absolute Gasteiger partial charge is 0.261 e. The van der Waals surface area contributed by atoms with E-state index in [2.05, 4.69) is 20.5 Å². The maximum Gasteiger partial charge on any atom is 0.151 e. The molecule has 0 bridgehead atoms. The predicted molar refractivity (Wildman–Crippen MR) is 79.1 cm³/mol. The molecule has 0 saturated heterocycles. The second-order valence-corrected chi connectivity index (χ2v) is 4.77. The number of aromatic nitrogens is 2. The minimum absolute atomic E-state index is 0.380. The van der Waals surface area contributed by atoms with E-state index in [0.29, 0.717) is 21.8 Å². The molecule has 1 heterocycles. The Balaban J connectivity index is 2.18. The SMILES string of the molecule is C/C(=N\Nc1cc(Cl)nc(C)n1)c1cccc(Cl)c1. The average Bonchev–Trinajstić information content (AvgIpc) is 2.35. The zero-order valence-electron chi connectivity index (χ0n) is 10.5. The highest BCUT2D eigenvalue weighted by Gasteiger charge is 2.01. The zero-order chi connectivity index (χ0) is 13.8. The Hall–Kier alpha value is -1.65. The van der Waals surface area contributed by atoms with Crippen molar-refractivity contribution in [3.05, 3.63) is 51.9 Å². The normalized spacial score (nSPS) is 11.5. The van der Waals surface area contributed by atoms with Gasteiger partial charge in [-0.25, -0.2) is 9.97 Å². The van der Waals surface area contributed by atoms with Gasteiger partial charge in [0.2, 0.25) is 0 Å². The summed E-state index contributed by atoms with van der Waals surface area (Å²) in [6.45, 7) is 3.65. The Morgan fingerprint density at radius 3 is 2.68 bits per heavy atom. The van der Waals surface area contributed by atoms with Crippen LogP contribution in [0.15, 0.2) is 35.4 Å². The first-order valence-corrected chi connectivity index (χ1v) is 6.37. The summed E-state index contributed by atoms with van der Waals surface area (Å²) < 4.78 is 0. The van der Waals surface area contributed by atoms with Gasteiger partial charge in [0.1, 0.15) is 11.0 Å². The Bertz CT molecular complexity index is 606. The lowest BCUT2D eigenvalue weighted by Crippen LogP contribution is -2.02. The quantitative estimate of drug-likeness (QED) is 0.530. The van der Waals surface area contributed by atoms with Crippen molar-refractivity contribution >= 4 is 34.7 Å². The second-order valence-electron chi connectivity index (χ2n) is 3.94. The van der Waals surface area contributed by atoms with Crippen LogP contribution in [0.3, 0.4) is 0 Å². The number of rotatable bonds is 3. The number of benzene rings is 1. The van der Waals surface area contributed by atoms with E-state index in [1.54, 1.807) is 13.0 Å². The van der Waals surface area contributed by atoms with Crippen molar-refractivity contribution in [1.82, 2.24) is 9.97 Å². The van der Waals surface area contributed by atoms with Crippen LogP contribution in [0.4, 0.5) is 5.82 Å². The van der Waals surface area contributed by atoms with Gasteiger partial charge in [-0.3, -0.25) is 5.43 Å². The Morgan fingerprint density at radius 2 is 2.00 bits per heavy atom. The van der Waals surface area contributed by atoms with Gasteiger partial charge in [0.15, 0.2) is 5.82 Å². The number of halogens is 2. The van der Waals surface area contributed by atoms with Gasteiger partial charge in [-0.15, -0.1) is 0 Å². The van der Waals surface area contributed by atoms with E-state index in [4.69, 9.17) is 23.2 Å². The standard InChI is InChI=1S/C13H12Cl2N4/c1-8(10-4-3-5-11(14)6-10)18-19-13-7-12(15)16-9(2)17-13/h3-7H,1-2H3,(H,16,17,19)/b18-8+. The summed E-state index contributed by atoms with van der Waals surface area (Å²) in [5.74, 6) is 1.14. The Morgan fingerprint density at radius 1 is 1.21 bits per heavy atom. The molecular formula is C13H12Cl2N4. The van der Waals surface area contributed by atoms with E-state index in [0.717, 1.165) is 11.3 Å². The van der Waals surface area contributed by atoms with Crippen molar-refractivity contribution in [3.63, 3.8) is 0 Å². The van der Waals surface area contributed by atoms with Crippen molar-refractivity contribution in [2.75, 3.05) is 5.43 Å². The van der Waals surface area contributed by atoms with E-state index >= 15 is 0 Å². The van der Waals surface area contributed by atoms with Gasteiger partial charge >= 0.3 is 0 Å². The molecule has 1 aromatic carbocycles. The van der Waals surface area contributed by atoms with Crippen molar-refractivity contribution in [2.45, 2.75) is 13.8 Å². The number of aryl methyl sites for hydroxylation is 1. The molecule has 0 aliphatic heterocycles. The van der Waals surface area contributed by atoms with Crippen LogP contribution in [0.1, 0.15) is 18.3 Å². The van der Waals surface area contributed by atoms with Crippen molar-refractivity contribution in [3.8, 4) is 0 Å². The van der Waals surface area contributed by atoms with E-state index in [1.807, 2.05) is 31.2 Å². The fraction of sp³-hybridized carbons (Fsp3) is 0.154. The van der Waals surface area contributed by atoms with Crippen LogP contribution in [-0.4, -0.2) is 15.7 Å². The summed E-state index contributed by atoms with van der Waals surface area (Å²) in [4.78, 5) is 8.16. The Kier molecular flexibility index (Phi) is 4.35. The molecule has 0 unspecified atom stereocenters. The summed E-state index contributed by atoms with van der Waals surface area (Å²) in [5, 5.41) is 5.30. The molecule has 1 N–H and O–H groups in total. The predicted octanol–water partition coefficient (Wildman–Crippen LogP) is 3.93. The molecule has 0 aliphatic carbocycles. The Labute approximate surface area is 121 Å². The van der Waals surface area contributed by atoms with Gasteiger partial charge in [0.05, 0.1) is 5.71 Å². The molecule has 0 spiro atoms. The van der Waals surface area contributed by atoms with Gasteiger partial charge < -0.3 is 0 Å². The van der Waals surface area contributed by atoms with Crippen molar-refractivity contribution < 1.29 is 0 Å². The number of hydrogen-bond donors (Lipinski definition) is 1. The minimum Gasteiger partial charge on any atom is -0.261 e. The molecule has 2 aromatic rings. The first kappa shape index (κ1) is 13.8. The lowest BCUT2D eigenvalue weighted by molar-refractivity contribution is 1.04. The van der Waals surface area contributed by atoms with E-state index in [-0.39, 0.29) is 0 Å². The van der Waals surface area contributed by atoms with E-state index < -0.39 is 0 Å². The highest BCUT2D eigenvalue weighted by Crippen LogP contribution is 2.13. The van der Waals surface area contributed by atoms with Crippen LogP contribution >= 0.6 is 23.2 Å². The van der Waals surface area contributed by atoms with Crippen molar-refractivity contribution in [1.29, 1.82) is 0 Å². The molecule has 4 nitrogen and oxygen atoms in total. The molecule has 19 heavy (non-hydrogen) atoms. The molecule has 1 aromatic heterocycles. The highest BCUT2D eigenvalue weighted by molar-refractivity contribution is 6.31. The molecule has 2 rings (SSSR count). The monoisotopic (exact) mass is 294 g/mol. The van der Waals surface area contributed by atoms with Gasteiger partial charge in [0, 0.05) is 11.1 Å². The summed E-state index contributed by atoms with van der Waals surface area (Å²) in [5.41, 5.74) is 4.60. The van der Waals surface area contributed by atoms with Crippen LogP contribution in [0.25, 0.3) is 0 Å². The van der Waals surface area contributed by atoms with E-state index in [9.17, 15) is 0 Å². The topological polar surface area (TPSA) is 50.2 Å². The van der Waals surface area contributed by atoms with Crippen LogP contribution in [-0.2, 0) is 0 Å². The minimum atomic E-state index is 0.380. The molecule has 98 valence electrons. The molecular weight excluding hydrogens is 283 g/mol. The second kappa shape index (κ2) is 5.99. The molecule has 0 amide bonds. The lowest BCUT2D eigenvalue weighted by atomic mass is 10.1. The van der Waals surface area contributed by atoms with E-state index in [1.165, 1.54) is 0 Å². The maximum absolute atomic E-state index is 5.93.